The number of hydrazine groups is 1. The number of thiocarbonyl (C=S) groups is 1. The minimum atomic E-state index is -0.233. The topological polar surface area (TPSA) is 53.2 Å². The molecule has 0 heterocycles. The first-order chi connectivity index (χ1) is 10.1. The lowest BCUT2D eigenvalue weighted by Crippen LogP contribution is -2.50. The van der Waals surface area contributed by atoms with E-state index in [1.807, 2.05) is 0 Å². The Kier molecular flexibility index (Phi) is 4.31. The normalized spacial score (nSPS) is 26.4. The zero-order chi connectivity index (χ0) is 14.8. The molecular weight excluding hydrogens is 306 g/mol. The van der Waals surface area contributed by atoms with Gasteiger partial charge in [-0.15, -0.1) is 0 Å². The summed E-state index contributed by atoms with van der Waals surface area (Å²) in [4.78, 5) is 11.9. The lowest BCUT2D eigenvalue weighted by molar-refractivity contribution is 0.0943. The van der Waals surface area contributed by atoms with Gasteiger partial charge in [0, 0.05) is 16.6 Å². The van der Waals surface area contributed by atoms with Crippen molar-refractivity contribution < 1.29 is 4.79 Å². The van der Waals surface area contributed by atoms with Crippen LogP contribution in [-0.2, 0) is 0 Å². The fraction of sp³-hybridized carbons (Fsp3) is 0.467. The zero-order valence-corrected chi connectivity index (χ0v) is 13.1. The van der Waals surface area contributed by atoms with Gasteiger partial charge in [-0.05, 0) is 67.6 Å². The van der Waals surface area contributed by atoms with Crippen molar-refractivity contribution >= 4 is 34.8 Å². The van der Waals surface area contributed by atoms with Gasteiger partial charge < -0.3 is 5.32 Å². The Morgan fingerprint density at radius 2 is 1.90 bits per heavy atom. The second-order valence-corrected chi connectivity index (χ2v) is 6.69. The fourth-order valence-corrected chi connectivity index (χ4v) is 3.74. The minimum Gasteiger partial charge on any atom is -0.358 e. The molecule has 112 valence electrons. The van der Waals surface area contributed by atoms with Gasteiger partial charge in [0.1, 0.15) is 0 Å². The Morgan fingerprint density at radius 3 is 2.52 bits per heavy atom. The van der Waals surface area contributed by atoms with Gasteiger partial charge in [-0.25, -0.2) is 0 Å². The van der Waals surface area contributed by atoms with Crippen molar-refractivity contribution in [2.75, 3.05) is 0 Å². The number of carbonyl (C=O) groups excluding carboxylic acids is 1. The number of nitrogens with one attached hydrogen (secondary N) is 3. The van der Waals surface area contributed by atoms with E-state index in [4.69, 9.17) is 23.8 Å². The van der Waals surface area contributed by atoms with E-state index >= 15 is 0 Å². The van der Waals surface area contributed by atoms with Crippen LogP contribution in [0.2, 0.25) is 5.02 Å². The summed E-state index contributed by atoms with van der Waals surface area (Å²) in [6, 6.07) is 7.17. The number of halogens is 1. The second kappa shape index (κ2) is 6.20. The molecule has 3 N–H and O–H groups in total. The molecule has 2 aliphatic rings. The third kappa shape index (κ3) is 3.47. The third-order valence-corrected chi connectivity index (χ3v) is 4.92. The molecule has 2 fully saturated rings. The first-order valence-corrected chi connectivity index (χ1v) is 8.03. The van der Waals surface area contributed by atoms with Crippen molar-refractivity contribution in [2.24, 2.45) is 11.8 Å². The smallest absolute Gasteiger partial charge is 0.269 e. The van der Waals surface area contributed by atoms with Gasteiger partial charge >= 0.3 is 0 Å². The molecule has 21 heavy (non-hydrogen) atoms. The summed E-state index contributed by atoms with van der Waals surface area (Å²) in [5.41, 5.74) is 5.91. The van der Waals surface area contributed by atoms with E-state index in [2.05, 4.69) is 16.2 Å². The van der Waals surface area contributed by atoms with Gasteiger partial charge in [-0.2, -0.15) is 0 Å². The lowest BCUT2D eigenvalue weighted by atomic mass is 9.96. The number of amides is 1. The molecule has 0 radical (unpaired) electrons. The molecule has 1 amide bonds. The Hall–Kier alpha value is -1.33. The summed E-state index contributed by atoms with van der Waals surface area (Å²) < 4.78 is 0. The predicted molar refractivity (Wildman–Crippen MR) is 87.0 cm³/mol. The highest BCUT2D eigenvalue weighted by Gasteiger charge is 2.39. The maximum absolute atomic E-state index is 11.9. The zero-order valence-electron chi connectivity index (χ0n) is 11.6. The molecule has 0 aliphatic heterocycles. The SMILES string of the molecule is O=C(NNC(=S)N[C@@H]1C[C@@H]2CC[C@H]1C2)c1ccc(Cl)cc1. The number of hydrogen-bond acceptors (Lipinski definition) is 2. The van der Waals surface area contributed by atoms with E-state index in [0.717, 1.165) is 11.8 Å². The molecule has 2 aliphatic carbocycles. The first kappa shape index (κ1) is 14.6. The Bertz CT molecular complexity index is 548. The van der Waals surface area contributed by atoms with Gasteiger partial charge in [0.15, 0.2) is 5.11 Å². The molecular formula is C15H18ClN3OS. The highest BCUT2D eigenvalue weighted by atomic mass is 35.5. The molecule has 1 aromatic rings. The molecule has 0 unspecified atom stereocenters. The highest BCUT2D eigenvalue weighted by molar-refractivity contribution is 7.80. The maximum Gasteiger partial charge on any atom is 0.269 e. The quantitative estimate of drug-likeness (QED) is 0.578. The van der Waals surface area contributed by atoms with E-state index in [9.17, 15) is 4.79 Å². The van der Waals surface area contributed by atoms with Crippen molar-refractivity contribution in [1.29, 1.82) is 0 Å². The van der Waals surface area contributed by atoms with Crippen LogP contribution in [0.25, 0.3) is 0 Å². The Labute approximate surface area is 134 Å². The van der Waals surface area contributed by atoms with Crippen LogP contribution in [0.5, 0.6) is 0 Å². The second-order valence-electron chi connectivity index (χ2n) is 5.84. The molecule has 3 rings (SSSR count). The van der Waals surface area contributed by atoms with Crippen LogP contribution < -0.4 is 16.2 Å². The third-order valence-electron chi connectivity index (χ3n) is 4.45. The van der Waals surface area contributed by atoms with Gasteiger partial charge in [0.05, 0.1) is 0 Å². The standard InChI is InChI=1S/C15H18ClN3OS/c16-12-5-3-10(4-6-12)14(20)18-19-15(21)17-13-8-9-1-2-11(13)7-9/h3-6,9,11,13H,1-2,7-8H2,(H,18,20)(H2,17,19,21)/t9-,11+,13-/m1/s1. The summed E-state index contributed by atoms with van der Waals surface area (Å²) in [6.07, 6.45) is 5.16. The molecule has 2 saturated carbocycles. The van der Waals surface area contributed by atoms with Gasteiger partial charge in [-0.3, -0.25) is 15.6 Å². The molecule has 2 bridgehead atoms. The highest BCUT2D eigenvalue weighted by Crippen LogP contribution is 2.44. The molecule has 3 atom stereocenters. The van der Waals surface area contributed by atoms with Crippen LogP contribution in [0.15, 0.2) is 24.3 Å². The summed E-state index contributed by atoms with van der Waals surface area (Å²) >= 11 is 11.0. The fourth-order valence-electron chi connectivity index (χ4n) is 3.41. The summed E-state index contributed by atoms with van der Waals surface area (Å²) in [5.74, 6) is 1.37. The number of hydrogen-bond donors (Lipinski definition) is 3. The van der Waals surface area contributed by atoms with Crippen molar-refractivity contribution in [3.05, 3.63) is 34.9 Å². The minimum absolute atomic E-state index is 0.233. The van der Waals surface area contributed by atoms with Crippen LogP contribution in [-0.4, -0.2) is 17.1 Å². The van der Waals surface area contributed by atoms with Crippen LogP contribution >= 0.6 is 23.8 Å². The van der Waals surface area contributed by atoms with Crippen LogP contribution in [0, 0.1) is 11.8 Å². The van der Waals surface area contributed by atoms with E-state index in [1.54, 1.807) is 24.3 Å². The predicted octanol–water partition coefficient (Wildman–Crippen LogP) is 2.64. The van der Waals surface area contributed by atoms with Crippen molar-refractivity contribution in [1.82, 2.24) is 16.2 Å². The Balaban J connectivity index is 1.45. The van der Waals surface area contributed by atoms with E-state index in [1.165, 1.54) is 25.7 Å². The van der Waals surface area contributed by atoms with Gasteiger partial charge in [-0.1, -0.05) is 18.0 Å². The summed E-state index contributed by atoms with van der Waals surface area (Å²) in [5, 5.41) is 4.40. The van der Waals surface area contributed by atoms with Crippen LogP contribution in [0.4, 0.5) is 0 Å². The van der Waals surface area contributed by atoms with E-state index < -0.39 is 0 Å². The molecule has 1 aromatic carbocycles. The largest absolute Gasteiger partial charge is 0.358 e. The number of rotatable bonds is 2. The molecule has 0 spiro atoms. The number of benzene rings is 1. The first-order valence-electron chi connectivity index (χ1n) is 7.24. The van der Waals surface area contributed by atoms with E-state index in [0.29, 0.717) is 21.7 Å². The number of fused-ring (bicyclic) bond motifs is 2. The molecule has 0 saturated heterocycles. The maximum atomic E-state index is 11.9. The van der Waals surface area contributed by atoms with Crippen molar-refractivity contribution in [3.8, 4) is 0 Å². The molecule has 0 aromatic heterocycles. The van der Waals surface area contributed by atoms with Gasteiger partial charge in [0.25, 0.3) is 5.91 Å². The van der Waals surface area contributed by atoms with Crippen LogP contribution in [0.3, 0.4) is 0 Å². The number of carbonyl (C=O) groups is 1. The average Bonchev–Trinajstić information content (AvgIpc) is 3.08. The lowest BCUT2D eigenvalue weighted by Gasteiger charge is -2.24. The van der Waals surface area contributed by atoms with Crippen LogP contribution in [0.1, 0.15) is 36.0 Å². The van der Waals surface area contributed by atoms with Gasteiger partial charge in [0.2, 0.25) is 0 Å². The van der Waals surface area contributed by atoms with E-state index in [-0.39, 0.29) is 5.91 Å². The van der Waals surface area contributed by atoms with Crippen molar-refractivity contribution in [3.63, 3.8) is 0 Å². The Morgan fingerprint density at radius 1 is 1.14 bits per heavy atom. The average molecular weight is 324 g/mol. The monoisotopic (exact) mass is 323 g/mol. The summed E-state index contributed by atoms with van der Waals surface area (Å²) in [7, 11) is 0. The molecule has 4 nitrogen and oxygen atoms in total. The summed E-state index contributed by atoms with van der Waals surface area (Å²) in [6.45, 7) is 0. The van der Waals surface area contributed by atoms with Crippen molar-refractivity contribution in [2.45, 2.75) is 31.7 Å². The molecule has 6 heteroatoms.